The molecule has 0 saturated carbocycles. The van der Waals surface area contributed by atoms with Crippen LogP contribution in [-0.4, -0.2) is 42.3 Å². The molecule has 0 heterocycles. The third-order valence-corrected chi connectivity index (χ3v) is 6.63. The number of carbonyl (C=O) groups excluding carboxylic acids is 4. The molecule has 3 N–H and O–H groups in total. The Morgan fingerprint density at radius 3 is 2.00 bits per heavy atom. The summed E-state index contributed by atoms with van der Waals surface area (Å²) in [5.74, 6) is -0.641. The van der Waals surface area contributed by atoms with E-state index in [1.54, 1.807) is 0 Å². The van der Waals surface area contributed by atoms with E-state index in [-0.39, 0.29) is 24.9 Å². The minimum atomic E-state index is -1.00. The fourth-order valence-corrected chi connectivity index (χ4v) is 4.63. The monoisotopic (exact) mass is 559 g/mol. The summed E-state index contributed by atoms with van der Waals surface area (Å²) in [6.07, 6.45) is 1.04. The Morgan fingerprint density at radius 1 is 0.707 bits per heavy atom. The lowest BCUT2D eigenvalue weighted by Crippen LogP contribution is -2.56. The summed E-state index contributed by atoms with van der Waals surface area (Å²) in [7, 11) is 0. The van der Waals surface area contributed by atoms with Crippen LogP contribution in [0.5, 0.6) is 0 Å². The molecule has 41 heavy (non-hydrogen) atoms. The topological polar surface area (TPSA) is 114 Å². The molecular formula is C33H41N3O5. The average Bonchev–Trinajstić information content (AvgIpc) is 2.95. The van der Waals surface area contributed by atoms with Crippen molar-refractivity contribution in [3.63, 3.8) is 0 Å². The second-order valence-corrected chi connectivity index (χ2v) is 11.2. The van der Waals surface area contributed by atoms with Crippen LogP contribution < -0.4 is 16.0 Å². The Bertz CT molecular complexity index is 1310. The number of alkyl carbamates (subject to hydrolysis) is 1. The summed E-state index contributed by atoms with van der Waals surface area (Å²) >= 11 is 0. The molecular weight excluding hydrogens is 518 g/mol. The normalized spacial score (nSPS) is 13.3. The highest BCUT2D eigenvalue weighted by Gasteiger charge is 2.29. The molecule has 3 amide bonds. The molecule has 0 aliphatic rings. The summed E-state index contributed by atoms with van der Waals surface area (Å²) in [6, 6.07) is 20.5. The quantitative estimate of drug-likeness (QED) is 0.242. The molecule has 3 rings (SSSR count). The highest BCUT2D eigenvalue weighted by Crippen LogP contribution is 2.17. The van der Waals surface area contributed by atoms with Gasteiger partial charge in [0, 0.05) is 6.42 Å². The van der Waals surface area contributed by atoms with Crippen molar-refractivity contribution in [2.24, 2.45) is 11.8 Å². The van der Waals surface area contributed by atoms with Crippen molar-refractivity contribution in [3.05, 3.63) is 83.9 Å². The molecule has 0 unspecified atom stereocenters. The molecule has 0 bridgehead atoms. The number of aldehydes is 1. The van der Waals surface area contributed by atoms with Gasteiger partial charge in [0.05, 0.1) is 6.04 Å². The van der Waals surface area contributed by atoms with Gasteiger partial charge in [0.15, 0.2) is 0 Å². The molecule has 0 saturated heterocycles. The number of ether oxygens (including phenoxy) is 1. The molecule has 8 heteroatoms. The number of hydrogen-bond acceptors (Lipinski definition) is 5. The predicted octanol–water partition coefficient (Wildman–Crippen LogP) is 4.94. The van der Waals surface area contributed by atoms with Gasteiger partial charge in [0.1, 0.15) is 25.0 Å². The summed E-state index contributed by atoms with van der Waals surface area (Å²) in [5.41, 5.74) is 1.66. The van der Waals surface area contributed by atoms with Crippen molar-refractivity contribution < 1.29 is 23.9 Å². The maximum Gasteiger partial charge on any atom is 0.408 e. The van der Waals surface area contributed by atoms with Crippen molar-refractivity contribution >= 4 is 35.0 Å². The zero-order chi connectivity index (χ0) is 29.8. The van der Waals surface area contributed by atoms with Gasteiger partial charge in [-0.05, 0) is 46.6 Å². The molecule has 0 aliphatic heterocycles. The maximum absolute atomic E-state index is 13.6. The van der Waals surface area contributed by atoms with Gasteiger partial charge in [0.25, 0.3) is 0 Å². The highest BCUT2D eigenvalue weighted by molar-refractivity contribution is 5.92. The Labute approximate surface area is 242 Å². The molecule has 0 fully saturated rings. The van der Waals surface area contributed by atoms with Gasteiger partial charge >= 0.3 is 6.09 Å². The molecule has 0 radical (unpaired) electrons. The Morgan fingerprint density at radius 2 is 1.34 bits per heavy atom. The number of hydrogen-bond donors (Lipinski definition) is 3. The van der Waals surface area contributed by atoms with E-state index in [1.165, 1.54) is 0 Å². The lowest BCUT2D eigenvalue weighted by Gasteiger charge is -2.25. The van der Waals surface area contributed by atoms with Crippen LogP contribution in [0.15, 0.2) is 72.8 Å². The lowest BCUT2D eigenvalue weighted by atomic mass is 9.99. The van der Waals surface area contributed by atoms with E-state index in [9.17, 15) is 19.2 Å². The zero-order valence-corrected chi connectivity index (χ0v) is 24.3. The first-order chi connectivity index (χ1) is 19.6. The molecule has 3 aromatic carbocycles. The largest absolute Gasteiger partial charge is 0.445 e. The fourth-order valence-electron chi connectivity index (χ4n) is 4.63. The summed E-state index contributed by atoms with van der Waals surface area (Å²) in [4.78, 5) is 51.2. The smallest absolute Gasteiger partial charge is 0.408 e. The second-order valence-electron chi connectivity index (χ2n) is 11.2. The van der Waals surface area contributed by atoms with Crippen molar-refractivity contribution in [1.29, 1.82) is 0 Å². The number of fused-ring (bicyclic) bond motifs is 1. The Kier molecular flexibility index (Phi) is 11.9. The summed E-state index contributed by atoms with van der Waals surface area (Å²) in [5, 5.41) is 10.4. The van der Waals surface area contributed by atoms with Gasteiger partial charge in [0.2, 0.25) is 11.8 Å². The third-order valence-electron chi connectivity index (χ3n) is 6.63. The van der Waals surface area contributed by atoms with Crippen LogP contribution in [0.3, 0.4) is 0 Å². The van der Waals surface area contributed by atoms with E-state index in [0.717, 1.165) is 28.2 Å². The first-order valence-electron chi connectivity index (χ1n) is 14.2. The molecule has 3 aromatic rings. The van der Waals surface area contributed by atoms with Crippen LogP contribution in [0.1, 0.15) is 51.7 Å². The van der Waals surface area contributed by atoms with Crippen molar-refractivity contribution in [3.8, 4) is 0 Å². The van der Waals surface area contributed by atoms with Gasteiger partial charge in [-0.3, -0.25) is 9.59 Å². The third kappa shape index (κ3) is 10.4. The van der Waals surface area contributed by atoms with Crippen molar-refractivity contribution in [1.82, 2.24) is 16.0 Å². The fraction of sp³-hybridized carbons (Fsp3) is 0.394. The standard InChI is InChI=1S/C33H41N3O5/c1-22(2)16-28(20-37)34-31(38)29(17-23(3)4)35-32(39)30(36-33(40)41-21-24-10-6-5-7-11-24)19-25-14-15-26-12-8-9-13-27(26)18-25/h5-15,18,20,22-23,28-30H,16-17,19,21H2,1-4H3,(H,34,38)(H,35,39)(H,36,40)/t28-,29-,30-/m0/s1. The molecule has 0 aliphatic carbocycles. The molecule has 8 nitrogen and oxygen atoms in total. The van der Waals surface area contributed by atoms with E-state index < -0.39 is 36.0 Å². The van der Waals surface area contributed by atoms with Crippen LogP contribution >= 0.6 is 0 Å². The number of benzene rings is 3. The minimum Gasteiger partial charge on any atom is -0.445 e. The Hall–Kier alpha value is -4.20. The summed E-state index contributed by atoms with van der Waals surface area (Å²) in [6.45, 7) is 7.89. The van der Waals surface area contributed by atoms with Crippen LogP contribution in [0.4, 0.5) is 4.79 Å². The molecule has 0 aromatic heterocycles. The van der Waals surface area contributed by atoms with Crippen LogP contribution in [0.2, 0.25) is 0 Å². The molecule has 3 atom stereocenters. The predicted molar refractivity (Wildman–Crippen MR) is 160 cm³/mol. The number of rotatable bonds is 14. The van der Waals surface area contributed by atoms with E-state index in [0.29, 0.717) is 12.8 Å². The van der Waals surface area contributed by atoms with E-state index in [2.05, 4.69) is 16.0 Å². The van der Waals surface area contributed by atoms with Gasteiger partial charge in [-0.15, -0.1) is 0 Å². The Balaban J connectivity index is 1.78. The van der Waals surface area contributed by atoms with Gasteiger partial charge in [-0.2, -0.15) is 0 Å². The lowest BCUT2D eigenvalue weighted by molar-refractivity contribution is -0.131. The second kappa shape index (κ2) is 15.6. The van der Waals surface area contributed by atoms with Gasteiger partial charge in [-0.25, -0.2) is 4.79 Å². The average molecular weight is 560 g/mol. The molecule has 218 valence electrons. The molecule has 0 spiro atoms. The zero-order valence-electron chi connectivity index (χ0n) is 24.3. The number of amides is 3. The SMILES string of the molecule is CC(C)C[C@@H](C=O)NC(=O)[C@H](CC(C)C)NC(=O)[C@H](Cc1ccc2ccccc2c1)NC(=O)OCc1ccccc1. The minimum absolute atomic E-state index is 0.0539. The number of carbonyl (C=O) groups is 4. The van der Waals surface area contributed by atoms with Gasteiger partial charge < -0.3 is 25.5 Å². The van der Waals surface area contributed by atoms with Crippen molar-refractivity contribution in [2.75, 3.05) is 0 Å². The first kappa shape index (κ1) is 31.3. The maximum atomic E-state index is 13.6. The van der Waals surface area contributed by atoms with Crippen LogP contribution in [-0.2, 0) is 32.1 Å². The van der Waals surface area contributed by atoms with Crippen LogP contribution in [0, 0.1) is 11.8 Å². The number of nitrogens with one attached hydrogen (secondary N) is 3. The van der Waals surface area contributed by atoms with Crippen molar-refractivity contribution in [2.45, 2.75) is 71.7 Å². The highest BCUT2D eigenvalue weighted by atomic mass is 16.5. The van der Waals surface area contributed by atoms with E-state index >= 15 is 0 Å². The summed E-state index contributed by atoms with van der Waals surface area (Å²) < 4.78 is 5.39. The van der Waals surface area contributed by atoms with E-state index in [1.807, 2.05) is 100 Å². The van der Waals surface area contributed by atoms with E-state index in [4.69, 9.17) is 4.74 Å². The van der Waals surface area contributed by atoms with Gasteiger partial charge in [-0.1, -0.05) is 100 Å². The van der Waals surface area contributed by atoms with Crippen LogP contribution in [0.25, 0.3) is 10.8 Å². The first-order valence-corrected chi connectivity index (χ1v) is 14.2.